The molecule has 0 aromatic heterocycles. The number of fused-ring (bicyclic) bond motifs is 1. The van der Waals surface area contributed by atoms with Crippen LogP contribution in [0.3, 0.4) is 0 Å². The summed E-state index contributed by atoms with van der Waals surface area (Å²) in [4.78, 5) is 17.7. The van der Waals surface area contributed by atoms with Crippen LogP contribution >= 0.6 is 15.9 Å². The highest BCUT2D eigenvalue weighted by Crippen LogP contribution is 2.41. The van der Waals surface area contributed by atoms with Crippen LogP contribution in [-0.2, 0) is 20.9 Å². The zero-order chi connectivity index (χ0) is 14.1. The van der Waals surface area contributed by atoms with Gasteiger partial charge in [0, 0.05) is 23.0 Å². The number of halogens is 1. The first kappa shape index (κ1) is 14.0. The molecule has 20 heavy (non-hydrogen) atoms. The van der Waals surface area contributed by atoms with Crippen LogP contribution in [0.5, 0.6) is 0 Å². The normalized spacial score (nSPS) is 29.4. The molecule has 0 amide bonds. The molecule has 1 heterocycles. The number of methoxy groups -OCH3 is 1. The van der Waals surface area contributed by atoms with Gasteiger partial charge in [0.1, 0.15) is 0 Å². The smallest absolute Gasteiger partial charge is 0.337 e. The highest BCUT2D eigenvalue weighted by atomic mass is 79.9. The van der Waals surface area contributed by atoms with E-state index < -0.39 is 6.10 Å². The molecule has 108 valence electrons. The highest BCUT2D eigenvalue weighted by Gasteiger charge is 2.49. The topological polar surface area (TPSA) is 38.8 Å². The second-order valence-corrected chi connectivity index (χ2v) is 6.33. The van der Waals surface area contributed by atoms with Crippen molar-refractivity contribution < 1.29 is 14.4 Å². The fourth-order valence-corrected chi connectivity index (χ4v) is 3.50. The van der Waals surface area contributed by atoms with E-state index in [-0.39, 0.29) is 11.9 Å². The van der Waals surface area contributed by atoms with Gasteiger partial charge in [0.15, 0.2) is 6.10 Å². The molecule has 0 N–H and O–H groups in total. The molecule has 3 atom stereocenters. The van der Waals surface area contributed by atoms with E-state index in [4.69, 9.17) is 9.57 Å². The van der Waals surface area contributed by atoms with Crippen molar-refractivity contribution in [1.29, 1.82) is 0 Å². The van der Waals surface area contributed by atoms with Crippen LogP contribution < -0.4 is 0 Å². The van der Waals surface area contributed by atoms with Crippen LogP contribution in [0, 0.1) is 5.92 Å². The van der Waals surface area contributed by atoms with Gasteiger partial charge in [0.2, 0.25) is 0 Å². The Kier molecular flexibility index (Phi) is 4.10. The number of hydrogen-bond acceptors (Lipinski definition) is 4. The maximum absolute atomic E-state index is 11.8. The van der Waals surface area contributed by atoms with Gasteiger partial charge in [-0.2, -0.15) is 5.06 Å². The van der Waals surface area contributed by atoms with Crippen LogP contribution in [0.25, 0.3) is 0 Å². The van der Waals surface area contributed by atoms with E-state index in [1.165, 1.54) is 12.7 Å². The predicted molar refractivity (Wildman–Crippen MR) is 77.7 cm³/mol. The molecule has 0 bridgehead atoms. The maximum atomic E-state index is 11.8. The second kappa shape index (κ2) is 5.84. The predicted octanol–water partition coefficient (Wildman–Crippen LogP) is 2.91. The van der Waals surface area contributed by atoms with E-state index in [0.717, 1.165) is 23.7 Å². The van der Waals surface area contributed by atoms with Gasteiger partial charge in [-0.25, -0.2) is 4.79 Å². The standard InChI is InChI=1S/C15H18BrNO3/c1-19-15(18)14-12-3-2-4-13(12)17(20-14)9-10-5-7-11(16)8-6-10/h5-8,12-14H,2-4,9H2,1H3/t12-,13+,14-/m0/s1. The number of benzene rings is 1. The van der Waals surface area contributed by atoms with E-state index in [2.05, 4.69) is 28.1 Å². The third kappa shape index (κ3) is 2.62. The summed E-state index contributed by atoms with van der Waals surface area (Å²) in [6, 6.07) is 8.53. The lowest BCUT2D eigenvalue weighted by molar-refractivity contribution is -0.193. The van der Waals surface area contributed by atoms with Gasteiger partial charge in [-0.1, -0.05) is 34.5 Å². The summed E-state index contributed by atoms with van der Waals surface area (Å²) in [7, 11) is 1.42. The summed E-state index contributed by atoms with van der Waals surface area (Å²) in [6.07, 6.45) is 2.86. The van der Waals surface area contributed by atoms with Crippen molar-refractivity contribution >= 4 is 21.9 Å². The van der Waals surface area contributed by atoms with Crippen molar-refractivity contribution in [2.75, 3.05) is 7.11 Å². The third-order valence-electron chi connectivity index (χ3n) is 4.22. The summed E-state index contributed by atoms with van der Waals surface area (Å²) < 4.78 is 5.92. The van der Waals surface area contributed by atoms with Gasteiger partial charge in [-0.05, 0) is 30.5 Å². The molecule has 0 unspecified atom stereocenters. The van der Waals surface area contributed by atoms with Crippen molar-refractivity contribution in [3.63, 3.8) is 0 Å². The van der Waals surface area contributed by atoms with Crippen molar-refractivity contribution in [3.8, 4) is 0 Å². The first-order chi connectivity index (χ1) is 9.69. The molecule has 1 aromatic rings. The minimum atomic E-state index is -0.428. The average molecular weight is 340 g/mol. The zero-order valence-electron chi connectivity index (χ0n) is 11.4. The van der Waals surface area contributed by atoms with Gasteiger partial charge in [0.25, 0.3) is 0 Å². The van der Waals surface area contributed by atoms with Crippen LogP contribution in [0.2, 0.25) is 0 Å². The van der Waals surface area contributed by atoms with Gasteiger partial charge in [0.05, 0.1) is 7.11 Å². The van der Waals surface area contributed by atoms with Gasteiger partial charge in [-0.3, -0.25) is 4.84 Å². The second-order valence-electron chi connectivity index (χ2n) is 5.41. The first-order valence-corrected chi connectivity index (χ1v) is 7.74. The van der Waals surface area contributed by atoms with Crippen LogP contribution in [0.15, 0.2) is 28.7 Å². The number of nitrogens with zero attached hydrogens (tertiary/aromatic N) is 1. The van der Waals surface area contributed by atoms with E-state index in [9.17, 15) is 4.79 Å². The Morgan fingerprint density at radius 3 is 2.85 bits per heavy atom. The van der Waals surface area contributed by atoms with Crippen molar-refractivity contribution in [3.05, 3.63) is 34.3 Å². The molecule has 1 aliphatic heterocycles. The molecule has 1 aromatic carbocycles. The number of carbonyl (C=O) groups is 1. The van der Waals surface area contributed by atoms with Crippen LogP contribution in [0.1, 0.15) is 24.8 Å². The Morgan fingerprint density at radius 1 is 1.40 bits per heavy atom. The summed E-state index contributed by atoms with van der Waals surface area (Å²) in [6.45, 7) is 0.710. The molecule has 4 nitrogen and oxygen atoms in total. The Morgan fingerprint density at radius 2 is 2.15 bits per heavy atom. The zero-order valence-corrected chi connectivity index (χ0v) is 13.0. The maximum Gasteiger partial charge on any atom is 0.337 e. The Bertz CT molecular complexity index is 490. The monoisotopic (exact) mass is 339 g/mol. The van der Waals surface area contributed by atoms with E-state index >= 15 is 0 Å². The van der Waals surface area contributed by atoms with E-state index in [1.807, 2.05) is 17.2 Å². The lowest BCUT2D eigenvalue weighted by atomic mass is 9.98. The quantitative estimate of drug-likeness (QED) is 0.793. The molecule has 1 saturated carbocycles. The molecule has 0 spiro atoms. The molecule has 3 rings (SSSR count). The number of rotatable bonds is 3. The Balaban J connectivity index is 1.73. The first-order valence-electron chi connectivity index (χ1n) is 6.94. The molecule has 5 heteroatoms. The average Bonchev–Trinajstić information content (AvgIpc) is 3.04. The number of ether oxygens (including phenoxy) is 1. The molecule has 1 aliphatic carbocycles. The summed E-state index contributed by atoms with van der Waals surface area (Å²) in [5.74, 6) is 0.0260. The lowest BCUT2D eigenvalue weighted by Crippen LogP contribution is -2.29. The fourth-order valence-electron chi connectivity index (χ4n) is 3.24. The van der Waals surface area contributed by atoms with Crippen molar-refractivity contribution in [1.82, 2.24) is 5.06 Å². The summed E-state index contributed by atoms with van der Waals surface area (Å²) >= 11 is 3.44. The molecule has 2 aliphatic rings. The number of hydrogen-bond donors (Lipinski definition) is 0. The Hall–Kier alpha value is -0.910. The Labute approximate surface area is 127 Å². The lowest BCUT2D eigenvalue weighted by Gasteiger charge is -2.21. The number of hydroxylamine groups is 2. The van der Waals surface area contributed by atoms with Crippen LogP contribution in [-0.4, -0.2) is 30.3 Å². The van der Waals surface area contributed by atoms with E-state index in [1.54, 1.807) is 0 Å². The largest absolute Gasteiger partial charge is 0.467 e. The van der Waals surface area contributed by atoms with Crippen molar-refractivity contribution in [2.24, 2.45) is 5.92 Å². The minimum absolute atomic E-state index is 0.250. The minimum Gasteiger partial charge on any atom is -0.467 e. The SMILES string of the molecule is COC(=O)[C@H]1ON(Cc2ccc(Br)cc2)[C@@H]2CCC[C@H]12. The highest BCUT2D eigenvalue weighted by molar-refractivity contribution is 9.10. The molecule has 0 radical (unpaired) electrons. The van der Waals surface area contributed by atoms with Gasteiger partial charge < -0.3 is 4.74 Å². The van der Waals surface area contributed by atoms with Crippen molar-refractivity contribution in [2.45, 2.75) is 38.0 Å². The molecule has 1 saturated heterocycles. The van der Waals surface area contributed by atoms with Crippen LogP contribution in [0.4, 0.5) is 0 Å². The number of esters is 1. The fraction of sp³-hybridized carbons (Fsp3) is 0.533. The summed E-state index contributed by atoms with van der Waals surface area (Å²) in [5, 5.41) is 1.97. The molecular formula is C15H18BrNO3. The van der Waals surface area contributed by atoms with Gasteiger partial charge in [-0.15, -0.1) is 0 Å². The summed E-state index contributed by atoms with van der Waals surface area (Å²) in [5.41, 5.74) is 1.18. The van der Waals surface area contributed by atoms with E-state index in [0.29, 0.717) is 12.6 Å². The molecular weight excluding hydrogens is 322 g/mol. The number of carbonyl (C=O) groups excluding carboxylic acids is 1. The van der Waals surface area contributed by atoms with Gasteiger partial charge >= 0.3 is 5.97 Å². The third-order valence-corrected chi connectivity index (χ3v) is 4.75. The molecule has 2 fully saturated rings.